The highest BCUT2D eigenvalue weighted by Crippen LogP contribution is 2.43. The van der Waals surface area contributed by atoms with Crippen LogP contribution in [0.25, 0.3) is 0 Å². The summed E-state index contributed by atoms with van der Waals surface area (Å²) in [5.74, 6) is 0.587. The molecule has 1 aromatic carbocycles. The van der Waals surface area contributed by atoms with Gasteiger partial charge in [0, 0.05) is 12.3 Å². The molecule has 0 bridgehead atoms. The lowest BCUT2D eigenvalue weighted by Crippen LogP contribution is -2.61. The fraction of sp³-hybridized carbons (Fsp3) is 0.696. The highest BCUT2D eigenvalue weighted by Gasteiger charge is 2.47. The molecule has 1 saturated carbocycles. The molecular weight excluding hydrogens is 322 g/mol. The van der Waals surface area contributed by atoms with Crippen molar-refractivity contribution in [3.8, 4) is 0 Å². The van der Waals surface area contributed by atoms with Crippen LogP contribution in [0.4, 0.5) is 0 Å². The van der Waals surface area contributed by atoms with Gasteiger partial charge in [-0.25, -0.2) is 0 Å². The zero-order valence-electron chi connectivity index (χ0n) is 16.3. The van der Waals surface area contributed by atoms with Gasteiger partial charge in [0.2, 0.25) is 0 Å². The fourth-order valence-corrected chi connectivity index (χ4v) is 6.10. The summed E-state index contributed by atoms with van der Waals surface area (Å²) in [4.78, 5) is 13.2. The zero-order chi connectivity index (χ0) is 18.0. The van der Waals surface area contributed by atoms with Crippen molar-refractivity contribution in [2.24, 2.45) is 5.92 Å². The lowest BCUT2D eigenvalue weighted by Gasteiger charge is -2.51. The lowest BCUT2D eigenvalue weighted by atomic mass is 9.78. The number of quaternary nitrogens is 1. The highest BCUT2D eigenvalue weighted by molar-refractivity contribution is 5.83. The molecule has 1 aliphatic carbocycles. The van der Waals surface area contributed by atoms with Crippen LogP contribution in [0, 0.1) is 5.92 Å². The van der Waals surface area contributed by atoms with Crippen LogP contribution in [0.2, 0.25) is 0 Å². The summed E-state index contributed by atoms with van der Waals surface area (Å²) in [6.45, 7) is 3.25. The predicted molar refractivity (Wildman–Crippen MR) is 104 cm³/mol. The van der Waals surface area contributed by atoms with Crippen molar-refractivity contribution in [2.75, 3.05) is 26.7 Å². The number of rotatable bonds is 4. The summed E-state index contributed by atoms with van der Waals surface area (Å²) >= 11 is 0. The first-order valence-electron chi connectivity index (χ1n) is 10.7. The van der Waals surface area contributed by atoms with Crippen LogP contribution in [0.3, 0.4) is 0 Å². The van der Waals surface area contributed by atoms with Crippen LogP contribution in [-0.4, -0.2) is 43.2 Å². The standard InChI is InChI=1S/C23H34NO2/c1-24-16-8-5-13-21(24)19(10-9-17-24)18-26-22(25)23(14-6-7-15-23)20-11-3-2-4-12-20/h2-4,11-12,19,21H,5-10,13-18H2,1H3/q+1/t19-,21-,24-/m1/s1. The second-order valence-electron chi connectivity index (χ2n) is 9.15. The normalized spacial score (nSPS) is 33.4. The van der Waals surface area contributed by atoms with Gasteiger partial charge in [-0.2, -0.15) is 0 Å². The van der Waals surface area contributed by atoms with Gasteiger partial charge >= 0.3 is 5.97 Å². The maximum absolute atomic E-state index is 13.2. The number of ether oxygens (including phenoxy) is 1. The molecule has 0 unspecified atom stereocenters. The molecule has 26 heavy (non-hydrogen) atoms. The molecule has 0 aromatic heterocycles. The smallest absolute Gasteiger partial charge is 0.316 e. The molecule has 2 heterocycles. The molecule has 0 N–H and O–H groups in total. The third-order valence-corrected chi connectivity index (χ3v) is 7.61. The summed E-state index contributed by atoms with van der Waals surface area (Å²) in [6.07, 6.45) is 10.7. The summed E-state index contributed by atoms with van der Waals surface area (Å²) in [5.41, 5.74) is 0.769. The van der Waals surface area contributed by atoms with Crippen molar-refractivity contribution in [1.82, 2.24) is 0 Å². The molecule has 0 spiro atoms. The Morgan fingerprint density at radius 3 is 2.54 bits per heavy atom. The van der Waals surface area contributed by atoms with Crippen LogP contribution in [0.1, 0.15) is 63.4 Å². The van der Waals surface area contributed by atoms with Crippen molar-refractivity contribution in [1.29, 1.82) is 0 Å². The molecule has 2 saturated heterocycles. The maximum atomic E-state index is 13.2. The third-order valence-electron chi connectivity index (χ3n) is 7.61. The van der Waals surface area contributed by atoms with E-state index >= 15 is 0 Å². The van der Waals surface area contributed by atoms with E-state index in [0.717, 1.165) is 31.2 Å². The lowest BCUT2D eigenvalue weighted by molar-refractivity contribution is -0.947. The molecule has 3 aliphatic rings. The minimum Gasteiger partial charge on any atom is -0.464 e. The third kappa shape index (κ3) is 3.19. The van der Waals surface area contributed by atoms with Crippen molar-refractivity contribution < 1.29 is 14.0 Å². The summed E-state index contributed by atoms with van der Waals surface area (Å²) in [5, 5.41) is 0. The van der Waals surface area contributed by atoms with Crippen LogP contribution in [-0.2, 0) is 14.9 Å². The van der Waals surface area contributed by atoms with Crippen LogP contribution >= 0.6 is 0 Å². The molecule has 4 rings (SSSR count). The number of hydrogen-bond acceptors (Lipinski definition) is 2. The van der Waals surface area contributed by atoms with Gasteiger partial charge in [0.05, 0.1) is 38.2 Å². The Balaban J connectivity index is 1.46. The number of hydrogen-bond donors (Lipinski definition) is 0. The monoisotopic (exact) mass is 356 g/mol. The summed E-state index contributed by atoms with van der Waals surface area (Å²) in [6, 6.07) is 11.1. The summed E-state index contributed by atoms with van der Waals surface area (Å²) in [7, 11) is 2.43. The maximum Gasteiger partial charge on any atom is 0.316 e. The van der Waals surface area contributed by atoms with E-state index in [-0.39, 0.29) is 11.4 Å². The Bertz CT molecular complexity index is 618. The molecule has 142 valence electrons. The largest absolute Gasteiger partial charge is 0.464 e. The minimum absolute atomic E-state index is 0.0387. The van der Waals surface area contributed by atoms with E-state index in [9.17, 15) is 4.79 Å². The molecule has 3 heteroatoms. The van der Waals surface area contributed by atoms with Crippen molar-refractivity contribution in [3.05, 3.63) is 35.9 Å². The number of esters is 1. The second-order valence-corrected chi connectivity index (χ2v) is 9.15. The Labute approximate surface area is 158 Å². The van der Waals surface area contributed by atoms with E-state index in [1.165, 1.54) is 49.7 Å². The summed E-state index contributed by atoms with van der Waals surface area (Å²) < 4.78 is 7.28. The zero-order valence-corrected chi connectivity index (χ0v) is 16.3. The molecule has 1 aromatic rings. The second kappa shape index (κ2) is 7.34. The number of nitrogens with zero attached hydrogens (tertiary/aromatic N) is 1. The topological polar surface area (TPSA) is 26.3 Å². The van der Waals surface area contributed by atoms with Gasteiger partial charge in [0.25, 0.3) is 0 Å². The van der Waals surface area contributed by atoms with Gasteiger partial charge in [-0.05, 0) is 44.1 Å². The molecule has 3 nitrogen and oxygen atoms in total. The molecule has 2 aliphatic heterocycles. The van der Waals surface area contributed by atoms with Crippen LogP contribution < -0.4 is 0 Å². The van der Waals surface area contributed by atoms with Gasteiger partial charge in [0.15, 0.2) is 0 Å². The fourth-order valence-electron chi connectivity index (χ4n) is 6.10. The van der Waals surface area contributed by atoms with Gasteiger partial charge in [-0.1, -0.05) is 43.2 Å². The van der Waals surface area contributed by atoms with Gasteiger partial charge in [-0.15, -0.1) is 0 Å². The predicted octanol–water partition coefficient (Wildman–Crippen LogP) is 4.45. The number of benzene rings is 1. The Kier molecular flexibility index (Phi) is 5.09. The Hall–Kier alpha value is -1.35. The number of piperidine rings is 2. The van der Waals surface area contributed by atoms with E-state index in [1.807, 2.05) is 6.07 Å². The van der Waals surface area contributed by atoms with Crippen molar-refractivity contribution in [3.63, 3.8) is 0 Å². The molecular formula is C23H34NO2+. The van der Waals surface area contributed by atoms with E-state index in [0.29, 0.717) is 18.6 Å². The SMILES string of the molecule is C[N@+]12CCCC[C@@H]1[C@@H](COC(=O)C1(c3ccccc3)CCCC1)CCC2. The van der Waals surface area contributed by atoms with Crippen molar-refractivity contribution in [2.45, 2.75) is 69.2 Å². The average Bonchev–Trinajstić information content (AvgIpc) is 3.17. The van der Waals surface area contributed by atoms with E-state index < -0.39 is 0 Å². The number of carbonyl (C=O) groups is 1. The molecule has 0 amide bonds. The van der Waals surface area contributed by atoms with E-state index in [4.69, 9.17) is 4.74 Å². The van der Waals surface area contributed by atoms with Gasteiger partial charge < -0.3 is 9.22 Å². The highest BCUT2D eigenvalue weighted by atomic mass is 16.5. The number of fused-ring (bicyclic) bond motifs is 1. The Morgan fingerprint density at radius 1 is 1.04 bits per heavy atom. The van der Waals surface area contributed by atoms with Crippen molar-refractivity contribution >= 4 is 5.97 Å². The molecule has 0 radical (unpaired) electrons. The van der Waals surface area contributed by atoms with Crippen LogP contribution in [0.15, 0.2) is 30.3 Å². The Morgan fingerprint density at radius 2 is 1.77 bits per heavy atom. The molecule has 3 fully saturated rings. The van der Waals surface area contributed by atoms with E-state index in [2.05, 4.69) is 31.3 Å². The van der Waals surface area contributed by atoms with Gasteiger partial charge in [-0.3, -0.25) is 4.79 Å². The minimum atomic E-state index is -0.388. The first-order valence-corrected chi connectivity index (χ1v) is 10.7. The first-order chi connectivity index (χ1) is 12.6. The average molecular weight is 357 g/mol. The quantitative estimate of drug-likeness (QED) is 0.588. The number of carbonyl (C=O) groups excluding carboxylic acids is 1. The molecule has 3 atom stereocenters. The first kappa shape index (κ1) is 18.0. The van der Waals surface area contributed by atoms with Gasteiger partial charge in [0.1, 0.15) is 0 Å². The van der Waals surface area contributed by atoms with Crippen LogP contribution in [0.5, 0.6) is 0 Å². The van der Waals surface area contributed by atoms with E-state index in [1.54, 1.807) is 0 Å².